The number of hydrogen-bond donors (Lipinski definition) is 2. The summed E-state index contributed by atoms with van der Waals surface area (Å²) in [4.78, 5) is 12.0. The lowest BCUT2D eigenvalue weighted by Crippen LogP contribution is -2.32. The molecule has 1 unspecified atom stereocenters. The van der Waals surface area contributed by atoms with Crippen LogP contribution in [0.5, 0.6) is 5.75 Å². The molecule has 1 fully saturated rings. The highest BCUT2D eigenvalue weighted by Crippen LogP contribution is 2.40. The van der Waals surface area contributed by atoms with Gasteiger partial charge in [-0.15, -0.1) is 0 Å². The summed E-state index contributed by atoms with van der Waals surface area (Å²) < 4.78 is 11.1. The summed E-state index contributed by atoms with van der Waals surface area (Å²) in [6.07, 6.45) is 1.23. The Bertz CT molecular complexity index is 897. The summed E-state index contributed by atoms with van der Waals surface area (Å²) in [5, 5.41) is 13.1. The van der Waals surface area contributed by atoms with Crippen molar-refractivity contribution in [3.63, 3.8) is 0 Å². The quantitative estimate of drug-likeness (QED) is 0.616. The number of allylic oxidation sites excluding steroid dienone is 1. The molecule has 1 amide bonds. The monoisotopic (exact) mass is 371 g/mol. The number of carbonyl (C=O) groups excluding carboxylic acids is 1. The first-order valence-electron chi connectivity index (χ1n) is 8.43. The van der Waals surface area contributed by atoms with E-state index in [9.17, 15) is 9.90 Å². The van der Waals surface area contributed by atoms with E-state index in [0.29, 0.717) is 22.9 Å². The Labute approximate surface area is 156 Å². The first kappa shape index (κ1) is 16.9. The Morgan fingerprint density at radius 1 is 1.31 bits per heavy atom. The fourth-order valence-electron chi connectivity index (χ4n) is 3.11. The topological polar surface area (TPSA) is 67.8 Å². The highest BCUT2D eigenvalue weighted by molar-refractivity contribution is 6.36. The summed E-state index contributed by atoms with van der Waals surface area (Å²) in [5.41, 5.74) is 3.22. The summed E-state index contributed by atoms with van der Waals surface area (Å²) in [5.74, 6) is 0.428. The highest BCUT2D eigenvalue weighted by Gasteiger charge is 2.28. The molecule has 1 atom stereocenters. The Hall–Kier alpha value is -2.50. The van der Waals surface area contributed by atoms with Crippen molar-refractivity contribution in [2.45, 2.75) is 19.4 Å². The van der Waals surface area contributed by atoms with Gasteiger partial charge in [-0.3, -0.25) is 4.79 Å². The fourth-order valence-corrected chi connectivity index (χ4v) is 3.38. The van der Waals surface area contributed by atoms with Gasteiger partial charge in [0.1, 0.15) is 18.1 Å². The Morgan fingerprint density at radius 2 is 2.04 bits per heavy atom. The van der Waals surface area contributed by atoms with Crippen molar-refractivity contribution in [2.24, 2.45) is 0 Å². The zero-order valence-electron chi connectivity index (χ0n) is 14.2. The van der Waals surface area contributed by atoms with Gasteiger partial charge < -0.3 is 19.9 Å². The Morgan fingerprint density at radius 3 is 2.65 bits per heavy atom. The first-order valence-corrected chi connectivity index (χ1v) is 8.80. The molecule has 0 spiro atoms. The smallest absolute Gasteiger partial charge is 0.259 e. The number of amides is 1. The van der Waals surface area contributed by atoms with E-state index in [-0.39, 0.29) is 23.3 Å². The number of benzene rings is 2. The number of ether oxygens (including phenoxy) is 2. The van der Waals surface area contributed by atoms with Crippen LogP contribution in [0.1, 0.15) is 18.9 Å². The van der Waals surface area contributed by atoms with E-state index in [4.69, 9.17) is 21.1 Å². The van der Waals surface area contributed by atoms with E-state index in [0.717, 1.165) is 29.9 Å². The molecule has 2 N–H and O–H groups in total. The van der Waals surface area contributed by atoms with Crippen LogP contribution >= 0.6 is 11.6 Å². The molecule has 0 radical (unpaired) electrons. The molecule has 2 aliphatic rings. The van der Waals surface area contributed by atoms with Crippen LogP contribution in [0, 0.1) is 0 Å². The molecular weight excluding hydrogens is 354 g/mol. The van der Waals surface area contributed by atoms with Crippen molar-refractivity contribution in [3.8, 4) is 16.9 Å². The van der Waals surface area contributed by atoms with Crippen molar-refractivity contribution in [1.82, 2.24) is 0 Å². The van der Waals surface area contributed by atoms with Crippen molar-refractivity contribution < 1.29 is 19.4 Å². The third kappa shape index (κ3) is 3.04. The molecule has 4 rings (SSSR count). The van der Waals surface area contributed by atoms with Crippen LogP contribution in [0.15, 0.2) is 42.2 Å². The number of fused-ring (bicyclic) bond motifs is 1. The van der Waals surface area contributed by atoms with Gasteiger partial charge >= 0.3 is 0 Å². The molecule has 6 heteroatoms. The van der Waals surface area contributed by atoms with E-state index in [1.54, 1.807) is 6.07 Å². The minimum atomic E-state index is -0.324. The number of aliphatic hydroxyl groups excluding tert-OH is 1. The molecule has 2 aliphatic heterocycles. The average Bonchev–Trinajstić information content (AvgIpc) is 2.88. The molecule has 2 aromatic carbocycles. The molecule has 2 aromatic rings. The number of aliphatic hydroxyl groups is 1. The Kier molecular flexibility index (Phi) is 4.34. The van der Waals surface area contributed by atoms with E-state index in [1.165, 1.54) is 6.92 Å². The van der Waals surface area contributed by atoms with Crippen LogP contribution in [-0.2, 0) is 9.53 Å². The highest BCUT2D eigenvalue weighted by atomic mass is 35.5. The van der Waals surface area contributed by atoms with Crippen LogP contribution in [0.4, 0.5) is 5.69 Å². The number of hydrogen-bond acceptors (Lipinski definition) is 4. The van der Waals surface area contributed by atoms with Gasteiger partial charge in [0.05, 0.1) is 22.4 Å². The molecule has 134 valence electrons. The average molecular weight is 372 g/mol. The zero-order valence-corrected chi connectivity index (χ0v) is 15.0. The minimum absolute atomic E-state index is 0.0171. The van der Waals surface area contributed by atoms with E-state index < -0.39 is 0 Å². The zero-order chi connectivity index (χ0) is 18.3. The predicted molar refractivity (Wildman–Crippen MR) is 101 cm³/mol. The van der Waals surface area contributed by atoms with Crippen molar-refractivity contribution in [3.05, 3.63) is 52.7 Å². The summed E-state index contributed by atoms with van der Waals surface area (Å²) in [6, 6.07) is 11.1. The van der Waals surface area contributed by atoms with Gasteiger partial charge in [0.2, 0.25) is 0 Å². The van der Waals surface area contributed by atoms with Gasteiger partial charge in [0, 0.05) is 24.2 Å². The molecular formula is C20H18ClNO4. The summed E-state index contributed by atoms with van der Waals surface area (Å²) in [6.45, 7) is 2.86. The lowest BCUT2D eigenvalue weighted by atomic mass is 9.98. The molecule has 1 saturated heterocycles. The maximum Gasteiger partial charge on any atom is 0.259 e. The van der Waals surface area contributed by atoms with Crippen LogP contribution in [0.3, 0.4) is 0 Å². The van der Waals surface area contributed by atoms with Crippen LogP contribution < -0.4 is 10.1 Å². The second-order valence-corrected chi connectivity index (χ2v) is 6.82. The number of halogens is 1. The number of anilines is 1. The minimum Gasteiger partial charge on any atom is -0.512 e. The third-order valence-corrected chi connectivity index (χ3v) is 4.92. The van der Waals surface area contributed by atoms with Crippen molar-refractivity contribution in [1.29, 1.82) is 0 Å². The van der Waals surface area contributed by atoms with Crippen molar-refractivity contribution in [2.75, 3.05) is 18.5 Å². The number of carbonyl (C=O) groups is 1. The molecule has 5 nitrogen and oxygen atoms in total. The lowest BCUT2D eigenvalue weighted by Gasteiger charge is -2.26. The number of nitrogens with one attached hydrogen (secondary N) is 1. The lowest BCUT2D eigenvalue weighted by molar-refractivity contribution is -0.110. The maximum absolute atomic E-state index is 12.0. The van der Waals surface area contributed by atoms with Crippen LogP contribution in [0.25, 0.3) is 16.7 Å². The molecule has 0 bridgehead atoms. The fraction of sp³-hybridized carbons (Fsp3) is 0.250. The molecule has 26 heavy (non-hydrogen) atoms. The SMILES string of the molecule is C/C(O)=C1\C(=O)Nc2cc(Cl)c(-c3ccc(OCC4CCO4)cc3)cc21. The van der Waals surface area contributed by atoms with E-state index in [1.807, 2.05) is 30.3 Å². The second kappa shape index (κ2) is 6.67. The van der Waals surface area contributed by atoms with Gasteiger partial charge in [-0.2, -0.15) is 0 Å². The molecule has 0 aromatic heterocycles. The third-order valence-electron chi connectivity index (χ3n) is 4.61. The maximum atomic E-state index is 12.0. The normalized spacial score (nSPS) is 20.2. The first-order chi connectivity index (χ1) is 12.5. The van der Waals surface area contributed by atoms with Gasteiger partial charge in [-0.1, -0.05) is 23.7 Å². The van der Waals surface area contributed by atoms with E-state index in [2.05, 4.69) is 5.32 Å². The number of rotatable bonds is 4. The molecule has 0 saturated carbocycles. The molecule has 0 aliphatic carbocycles. The van der Waals surface area contributed by atoms with Gasteiger partial charge in [0.15, 0.2) is 0 Å². The van der Waals surface area contributed by atoms with Gasteiger partial charge in [-0.25, -0.2) is 0 Å². The summed E-state index contributed by atoms with van der Waals surface area (Å²) in [7, 11) is 0. The van der Waals surface area contributed by atoms with Crippen LogP contribution in [-0.4, -0.2) is 30.3 Å². The standard InChI is InChI=1S/C20H18ClNO4/c1-11(23)19-16-8-15(17(21)9-18(16)22-20(19)24)12-2-4-13(5-3-12)26-10-14-6-7-25-14/h2-5,8-9,14,23H,6-7,10H2,1H3,(H,22,24)/b19-11+. The van der Waals surface area contributed by atoms with Crippen molar-refractivity contribution >= 4 is 28.8 Å². The summed E-state index contributed by atoms with van der Waals surface area (Å²) >= 11 is 6.41. The van der Waals surface area contributed by atoms with Gasteiger partial charge in [-0.05, 0) is 36.8 Å². The van der Waals surface area contributed by atoms with E-state index >= 15 is 0 Å². The second-order valence-electron chi connectivity index (χ2n) is 6.41. The Balaban J connectivity index is 1.62. The predicted octanol–water partition coefficient (Wildman–Crippen LogP) is 4.42. The molecule has 2 heterocycles. The van der Waals surface area contributed by atoms with Crippen LogP contribution in [0.2, 0.25) is 5.02 Å². The largest absolute Gasteiger partial charge is 0.512 e. The van der Waals surface area contributed by atoms with Gasteiger partial charge in [0.25, 0.3) is 5.91 Å².